The van der Waals surface area contributed by atoms with Gasteiger partial charge in [-0.1, -0.05) is 13.3 Å². The van der Waals surface area contributed by atoms with Gasteiger partial charge in [-0.15, -0.1) is 11.3 Å². The fourth-order valence-electron chi connectivity index (χ4n) is 2.63. The minimum atomic E-state index is -0.0280. The van der Waals surface area contributed by atoms with Gasteiger partial charge in [0, 0.05) is 5.56 Å². The quantitative estimate of drug-likeness (QED) is 0.785. The summed E-state index contributed by atoms with van der Waals surface area (Å²) in [5.74, 6) is 0.221. The van der Waals surface area contributed by atoms with E-state index in [4.69, 9.17) is 0 Å². The predicted octanol–water partition coefficient (Wildman–Crippen LogP) is 4.19. The molecule has 114 valence electrons. The zero-order chi connectivity index (χ0) is 15.7. The molecule has 2 aromatic heterocycles. The van der Waals surface area contributed by atoms with Gasteiger partial charge in [0.15, 0.2) is 0 Å². The Morgan fingerprint density at radius 3 is 2.68 bits per heavy atom. The Morgan fingerprint density at radius 1 is 1.27 bits per heavy atom. The Kier molecular flexibility index (Phi) is 3.98. The molecular formula is C17H18N2O2S. The van der Waals surface area contributed by atoms with Crippen LogP contribution in [0.2, 0.25) is 0 Å². The third-order valence-electron chi connectivity index (χ3n) is 3.79. The molecule has 4 nitrogen and oxygen atoms in total. The first-order valence-electron chi connectivity index (χ1n) is 7.41. The first-order chi connectivity index (χ1) is 10.6. The standard InChI is InChI=1S/C17H18N2O2S/c1-3-4-11(2)19-17(21)14-9-10-22-16(14)15(18-19)12-5-7-13(20)8-6-12/h5-11,20H,3-4H2,1-2H3. The van der Waals surface area contributed by atoms with E-state index in [0.29, 0.717) is 5.39 Å². The lowest BCUT2D eigenvalue weighted by molar-refractivity contribution is 0.439. The van der Waals surface area contributed by atoms with Crippen LogP contribution >= 0.6 is 11.3 Å². The van der Waals surface area contributed by atoms with Gasteiger partial charge < -0.3 is 5.11 Å². The van der Waals surface area contributed by atoms with Gasteiger partial charge in [0.1, 0.15) is 11.4 Å². The number of aromatic hydroxyl groups is 1. The highest BCUT2D eigenvalue weighted by molar-refractivity contribution is 7.17. The second-order valence-corrected chi connectivity index (χ2v) is 6.36. The number of rotatable bonds is 4. The second kappa shape index (κ2) is 5.93. The fourth-order valence-corrected chi connectivity index (χ4v) is 3.52. The van der Waals surface area contributed by atoms with Crippen molar-refractivity contribution in [1.29, 1.82) is 0 Å². The topological polar surface area (TPSA) is 55.1 Å². The fraction of sp³-hybridized carbons (Fsp3) is 0.294. The van der Waals surface area contributed by atoms with E-state index in [9.17, 15) is 9.90 Å². The molecule has 0 saturated heterocycles. The summed E-state index contributed by atoms with van der Waals surface area (Å²) in [6.07, 6.45) is 1.92. The molecule has 0 saturated carbocycles. The molecule has 0 aliphatic rings. The SMILES string of the molecule is CCCC(C)n1nc(-c2ccc(O)cc2)c2sccc2c1=O. The Labute approximate surface area is 132 Å². The van der Waals surface area contributed by atoms with Crippen LogP contribution in [0.5, 0.6) is 5.75 Å². The normalized spacial score (nSPS) is 12.6. The van der Waals surface area contributed by atoms with E-state index in [1.54, 1.807) is 16.8 Å². The van der Waals surface area contributed by atoms with Gasteiger partial charge >= 0.3 is 0 Å². The summed E-state index contributed by atoms with van der Waals surface area (Å²) >= 11 is 1.52. The van der Waals surface area contributed by atoms with Crippen molar-refractivity contribution >= 4 is 21.4 Å². The number of hydrogen-bond acceptors (Lipinski definition) is 4. The molecule has 0 amide bonds. The summed E-state index contributed by atoms with van der Waals surface area (Å²) in [5.41, 5.74) is 1.68. The van der Waals surface area contributed by atoms with Crippen molar-refractivity contribution in [3.63, 3.8) is 0 Å². The molecule has 0 spiro atoms. The number of fused-ring (bicyclic) bond motifs is 1. The van der Waals surface area contributed by atoms with E-state index in [2.05, 4.69) is 12.0 Å². The van der Waals surface area contributed by atoms with E-state index in [-0.39, 0.29) is 17.4 Å². The summed E-state index contributed by atoms with van der Waals surface area (Å²) in [7, 11) is 0. The van der Waals surface area contributed by atoms with Gasteiger partial charge in [-0.05, 0) is 49.1 Å². The van der Waals surface area contributed by atoms with Crippen molar-refractivity contribution in [1.82, 2.24) is 9.78 Å². The molecule has 5 heteroatoms. The first-order valence-corrected chi connectivity index (χ1v) is 8.29. The van der Waals surface area contributed by atoms with Crippen LogP contribution in [-0.4, -0.2) is 14.9 Å². The van der Waals surface area contributed by atoms with Crippen molar-refractivity contribution in [2.75, 3.05) is 0 Å². The number of thiophene rings is 1. The van der Waals surface area contributed by atoms with Crippen LogP contribution in [0.15, 0.2) is 40.5 Å². The molecule has 1 N–H and O–H groups in total. The van der Waals surface area contributed by atoms with Crippen molar-refractivity contribution in [3.8, 4) is 17.0 Å². The Morgan fingerprint density at radius 2 is 2.00 bits per heavy atom. The van der Waals surface area contributed by atoms with Crippen LogP contribution < -0.4 is 5.56 Å². The van der Waals surface area contributed by atoms with Crippen molar-refractivity contribution < 1.29 is 5.11 Å². The molecular weight excluding hydrogens is 296 g/mol. The monoisotopic (exact) mass is 314 g/mol. The summed E-state index contributed by atoms with van der Waals surface area (Å²) in [6, 6.07) is 8.87. The number of hydrogen-bond donors (Lipinski definition) is 1. The molecule has 3 aromatic rings. The molecule has 1 unspecified atom stereocenters. The van der Waals surface area contributed by atoms with Crippen LogP contribution in [0.3, 0.4) is 0 Å². The zero-order valence-corrected chi connectivity index (χ0v) is 13.4. The third kappa shape index (κ3) is 2.52. The Bertz CT molecular complexity index is 849. The highest BCUT2D eigenvalue weighted by Crippen LogP contribution is 2.30. The zero-order valence-electron chi connectivity index (χ0n) is 12.6. The van der Waals surface area contributed by atoms with Crippen LogP contribution in [0.25, 0.3) is 21.3 Å². The maximum absolute atomic E-state index is 12.6. The summed E-state index contributed by atoms with van der Waals surface area (Å²) < 4.78 is 2.50. The largest absolute Gasteiger partial charge is 0.508 e. The maximum Gasteiger partial charge on any atom is 0.275 e. The second-order valence-electron chi connectivity index (χ2n) is 5.45. The smallest absolute Gasteiger partial charge is 0.275 e. The summed E-state index contributed by atoms with van der Waals surface area (Å²) in [5, 5.41) is 16.7. The van der Waals surface area contributed by atoms with Crippen LogP contribution in [0, 0.1) is 0 Å². The number of aromatic nitrogens is 2. The minimum Gasteiger partial charge on any atom is -0.508 e. The molecule has 3 rings (SSSR count). The van der Waals surface area contributed by atoms with Crippen LogP contribution in [0.4, 0.5) is 0 Å². The number of benzene rings is 1. The molecule has 1 aromatic carbocycles. The first kappa shape index (κ1) is 14.8. The Balaban J connectivity index is 2.25. The number of phenols is 1. The molecule has 1 atom stereocenters. The van der Waals surface area contributed by atoms with E-state index in [1.807, 2.05) is 30.5 Å². The molecule has 0 aliphatic heterocycles. The van der Waals surface area contributed by atoms with Gasteiger partial charge in [-0.25, -0.2) is 4.68 Å². The molecule has 0 radical (unpaired) electrons. The average Bonchev–Trinajstić information content (AvgIpc) is 2.99. The van der Waals surface area contributed by atoms with Gasteiger partial charge in [0.2, 0.25) is 0 Å². The van der Waals surface area contributed by atoms with E-state index < -0.39 is 0 Å². The van der Waals surface area contributed by atoms with Gasteiger partial charge in [0.25, 0.3) is 5.56 Å². The van der Waals surface area contributed by atoms with Crippen molar-refractivity contribution in [3.05, 3.63) is 46.1 Å². The highest BCUT2D eigenvalue weighted by Gasteiger charge is 2.16. The van der Waals surface area contributed by atoms with E-state index in [1.165, 1.54) is 11.3 Å². The maximum atomic E-state index is 12.6. The van der Waals surface area contributed by atoms with Crippen LogP contribution in [-0.2, 0) is 0 Å². The molecule has 2 heterocycles. The van der Waals surface area contributed by atoms with E-state index in [0.717, 1.165) is 28.8 Å². The van der Waals surface area contributed by atoms with Crippen molar-refractivity contribution in [2.45, 2.75) is 32.7 Å². The molecule has 0 bridgehead atoms. The van der Waals surface area contributed by atoms with Gasteiger partial charge in [-0.3, -0.25) is 4.79 Å². The third-order valence-corrected chi connectivity index (χ3v) is 4.71. The average molecular weight is 314 g/mol. The molecule has 0 fully saturated rings. The van der Waals surface area contributed by atoms with Crippen molar-refractivity contribution in [2.24, 2.45) is 0 Å². The summed E-state index contributed by atoms with van der Waals surface area (Å²) in [4.78, 5) is 12.6. The van der Waals surface area contributed by atoms with E-state index >= 15 is 0 Å². The minimum absolute atomic E-state index is 0.0280. The molecule has 0 aliphatic carbocycles. The lowest BCUT2D eigenvalue weighted by Gasteiger charge is -2.15. The lowest BCUT2D eigenvalue weighted by atomic mass is 10.1. The van der Waals surface area contributed by atoms with Gasteiger partial charge in [-0.2, -0.15) is 5.10 Å². The van der Waals surface area contributed by atoms with Gasteiger partial charge in [0.05, 0.1) is 16.1 Å². The van der Waals surface area contributed by atoms with Crippen LogP contribution in [0.1, 0.15) is 32.7 Å². The Hall–Kier alpha value is -2.14. The number of nitrogens with zero attached hydrogens (tertiary/aromatic N) is 2. The predicted molar refractivity (Wildman–Crippen MR) is 90.6 cm³/mol. The molecule has 22 heavy (non-hydrogen) atoms. The lowest BCUT2D eigenvalue weighted by Crippen LogP contribution is -2.26. The summed E-state index contributed by atoms with van der Waals surface area (Å²) in [6.45, 7) is 4.13. The highest BCUT2D eigenvalue weighted by atomic mass is 32.1. The number of phenolic OH excluding ortho intramolecular Hbond substituents is 1.